The molecule has 0 aliphatic carbocycles. The van der Waals surface area contributed by atoms with Crippen molar-refractivity contribution in [2.45, 2.75) is 13.0 Å². The number of carbonyl (C=O) groups is 1. The topological polar surface area (TPSA) is 59.4 Å². The van der Waals surface area contributed by atoms with E-state index in [1.165, 1.54) is 19.5 Å². The highest BCUT2D eigenvalue weighted by molar-refractivity contribution is 5.89. The van der Waals surface area contributed by atoms with Gasteiger partial charge in [0, 0.05) is 12.4 Å². The Morgan fingerprint density at radius 3 is 2.85 bits per heavy atom. The van der Waals surface area contributed by atoms with Gasteiger partial charge in [0.1, 0.15) is 0 Å². The normalized spacial score (nSPS) is 12.2. The van der Waals surface area contributed by atoms with Crippen LogP contribution in [0.3, 0.4) is 0 Å². The number of esters is 1. The van der Waals surface area contributed by atoms with Crippen molar-refractivity contribution in [2.75, 3.05) is 7.11 Å². The van der Waals surface area contributed by atoms with E-state index in [2.05, 4.69) is 9.72 Å². The maximum Gasteiger partial charge on any atom is 0.339 e. The van der Waals surface area contributed by atoms with Crippen LogP contribution >= 0.6 is 0 Å². The lowest BCUT2D eigenvalue weighted by atomic mass is 10.1. The number of aliphatic hydroxyl groups excluding tert-OH is 1. The molecule has 0 fully saturated rings. The van der Waals surface area contributed by atoms with Crippen LogP contribution in [0.15, 0.2) is 18.5 Å². The predicted octanol–water partition coefficient (Wildman–Crippen LogP) is 0.921. The van der Waals surface area contributed by atoms with Crippen molar-refractivity contribution in [3.05, 3.63) is 29.6 Å². The molecule has 0 aromatic carbocycles. The van der Waals surface area contributed by atoms with Crippen LogP contribution in [0.1, 0.15) is 28.9 Å². The van der Waals surface area contributed by atoms with Crippen LogP contribution in [0.2, 0.25) is 0 Å². The number of rotatable bonds is 2. The van der Waals surface area contributed by atoms with E-state index < -0.39 is 12.1 Å². The summed E-state index contributed by atoms with van der Waals surface area (Å²) < 4.78 is 4.51. The van der Waals surface area contributed by atoms with Crippen LogP contribution in [-0.4, -0.2) is 23.2 Å². The Morgan fingerprint density at radius 1 is 1.62 bits per heavy atom. The van der Waals surface area contributed by atoms with E-state index in [0.717, 1.165) is 0 Å². The van der Waals surface area contributed by atoms with Crippen LogP contribution in [-0.2, 0) is 4.74 Å². The number of aromatic nitrogens is 1. The summed E-state index contributed by atoms with van der Waals surface area (Å²) >= 11 is 0. The van der Waals surface area contributed by atoms with Gasteiger partial charge in [-0.05, 0) is 18.6 Å². The SMILES string of the molecule is COC(=O)c1cncc(C(C)O)c1. The second-order valence-electron chi connectivity index (χ2n) is 2.67. The van der Waals surface area contributed by atoms with Crippen molar-refractivity contribution >= 4 is 5.97 Å². The van der Waals surface area contributed by atoms with E-state index in [4.69, 9.17) is 0 Å². The van der Waals surface area contributed by atoms with Gasteiger partial charge in [-0.3, -0.25) is 4.98 Å². The lowest BCUT2D eigenvalue weighted by Gasteiger charge is -2.04. The molecule has 13 heavy (non-hydrogen) atoms. The lowest BCUT2D eigenvalue weighted by Crippen LogP contribution is -2.03. The average molecular weight is 181 g/mol. The number of nitrogens with zero attached hydrogens (tertiary/aromatic N) is 1. The molecule has 70 valence electrons. The highest BCUT2D eigenvalue weighted by atomic mass is 16.5. The Bertz CT molecular complexity index is 309. The predicted molar refractivity (Wildman–Crippen MR) is 46.2 cm³/mol. The summed E-state index contributed by atoms with van der Waals surface area (Å²) in [5, 5.41) is 9.21. The molecule has 1 heterocycles. The number of pyridine rings is 1. The van der Waals surface area contributed by atoms with Gasteiger partial charge in [-0.2, -0.15) is 0 Å². The molecule has 0 saturated heterocycles. The molecule has 4 nitrogen and oxygen atoms in total. The fourth-order valence-electron chi connectivity index (χ4n) is 0.916. The van der Waals surface area contributed by atoms with E-state index in [1.807, 2.05) is 0 Å². The Labute approximate surface area is 76.2 Å². The Balaban J connectivity index is 2.98. The molecule has 1 aromatic rings. The molecule has 0 aliphatic heterocycles. The summed E-state index contributed by atoms with van der Waals surface area (Å²) in [7, 11) is 1.30. The highest BCUT2D eigenvalue weighted by Crippen LogP contribution is 2.12. The molecule has 0 amide bonds. The molecule has 1 N–H and O–H groups in total. The van der Waals surface area contributed by atoms with Crippen molar-refractivity contribution in [1.29, 1.82) is 0 Å². The van der Waals surface area contributed by atoms with E-state index in [9.17, 15) is 9.90 Å². The largest absolute Gasteiger partial charge is 0.465 e. The fraction of sp³-hybridized carbons (Fsp3) is 0.333. The minimum Gasteiger partial charge on any atom is -0.465 e. The minimum atomic E-state index is -0.628. The molecule has 0 saturated carbocycles. The van der Waals surface area contributed by atoms with Crippen LogP contribution < -0.4 is 0 Å². The first-order valence-corrected chi connectivity index (χ1v) is 3.86. The summed E-state index contributed by atoms with van der Waals surface area (Å²) in [6.07, 6.45) is 2.28. The molecule has 4 heteroatoms. The molecule has 0 aliphatic rings. The van der Waals surface area contributed by atoms with Crippen LogP contribution in [0.25, 0.3) is 0 Å². The quantitative estimate of drug-likeness (QED) is 0.689. The minimum absolute atomic E-state index is 0.348. The summed E-state index contributed by atoms with van der Waals surface area (Å²) in [6, 6.07) is 1.56. The van der Waals surface area contributed by atoms with Crippen molar-refractivity contribution < 1.29 is 14.6 Å². The van der Waals surface area contributed by atoms with Crippen molar-refractivity contribution in [3.8, 4) is 0 Å². The third kappa shape index (κ3) is 2.26. The number of aliphatic hydroxyl groups is 1. The van der Waals surface area contributed by atoms with E-state index in [-0.39, 0.29) is 0 Å². The first-order chi connectivity index (χ1) is 6.15. The molecule has 1 unspecified atom stereocenters. The summed E-state index contributed by atoms with van der Waals surface area (Å²) in [5.74, 6) is -0.449. The number of hydrogen-bond acceptors (Lipinski definition) is 4. The monoisotopic (exact) mass is 181 g/mol. The fourth-order valence-corrected chi connectivity index (χ4v) is 0.916. The molecule has 1 aromatic heterocycles. The zero-order valence-corrected chi connectivity index (χ0v) is 7.52. The molecular weight excluding hydrogens is 170 g/mol. The number of methoxy groups -OCH3 is 1. The van der Waals surface area contributed by atoms with Gasteiger partial charge >= 0.3 is 5.97 Å². The molecule has 1 atom stereocenters. The van der Waals surface area contributed by atoms with E-state index >= 15 is 0 Å². The zero-order chi connectivity index (χ0) is 9.84. The first kappa shape index (κ1) is 9.67. The smallest absolute Gasteiger partial charge is 0.339 e. The maximum absolute atomic E-state index is 11.0. The van der Waals surface area contributed by atoms with Gasteiger partial charge in [0.05, 0.1) is 18.8 Å². The van der Waals surface area contributed by atoms with Gasteiger partial charge < -0.3 is 9.84 Å². The molecule has 0 radical (unpaired) electrons. The van der Waals surface area contributed by atoms with Crippen LogP contribution in [0, 0.1) is 0 Å². The van der Waals surface area contributed by atoms with Crippen LogP contribution in [0.5, 0.6) is 0 Å². The zero-order valence-electron chi connectivity index (χ0n) is 7.52. The number of carbonyl (C=O) groups excluding carboxylic acids is 1. The lowest BCUT2D eigenvalue weighted by molar-refractivity contribution is 0.0600. The third-order valence-corrected chi connectivity index (χ3v) is 1.66. The standard InChI is InChI=1S/C9H11NO3/c1-6(11)7-3-8(5-10-4-7)9(12)13-2/h3-6,11H,1-2H3. The van der Waals surface area contributed by atoms with Crippen molar-refractivity contribution in [3.63, 3.8) is 0 Å². The first-order valence-electron chi connectivity index (χ1n) is 3.86. The van der Waals surface area contributed by atoms with Gasteiger partial charge in [-0.25, -0.2) is 4.79 Å². The number of hydrogen-bond donors (Lipinski definition) is 1. The second kappa shape index (κ2) is 4.00. The van der Waals surface area contributed by atoms with E-state index in [0.29, 0.717) is 11.1 Å². The molecule has 0 bridgehead atoms. The van der Waals surface area contributed by atoms with Crippen molar-refractivity contribution in [2.24, 2.45) is 0 Å². The Kier molecular flexibility index (Phi) is 2.97. The molecule has 1 rings (SSSR count). The van der Waals surface area contributed by atoms with Crippen LogP contribution in [0.4, 0.5) is 0 Å². The average Bonchev–Trinajstić information content (AvgIpc) is 2.17. The number of ether oxygens (including phenoxy) is 1. The molecular formula is C9H11NO3. The van der Waals surface area contributed by atoms with Gasteiger partial charge in [0.2, 0.25) is 0 Å². The summed E-state index contributed by atoms with van der Waals surface area (Å²) in [5.41, 5.74) is 0.948. The third-order valence-electron chi connectivity index (χ3n) is 1.66. The Hall–Kier alpha value is -1.42. The van der Waals surface area contributed by atoms with E-state index in [1.54, 1.807) is 13.0 Å². The molecule has 0 spiro atoms. The van der Waals surface area contributed by atoms with Gasteiger partial charge in [0.15, 0.2) is 0 Å². The second-order valence-corrected chi connectivity index (χ2v) is 2.67. The maximum atomic E-state index is 11.0. The van der Waals surface area contributed by atoms with Crippen molar-refractivity contribution in [1.82, 2.24) is 4.98 Å². The summed E-state index contributed by atoms with van der Waals surface area (Å²) in [4.78, 5) is 14.9. The Morgan fingerprint density at radius 2 is 2.31 bits per heavy atom. The summed E-state index contributed by atoms with van der Waals surface area (Å²) in [6.45, 7) is 1.61. The van der Waals surface area contributed by atoms with Gasteiger partial charge in [-0.15, -0.1) is 0 Å². The van der Waals surface area contributed by atoms with Gasteiger partial charge in [0.25, 0.3) is 0 Å². The van der Waals surface area contributed by atoms with Gasteiger partial charge in [-0.1, -0.05) is 0 Å². The highest BCUT2D eigenvalue weighted by Gasteiger charge is 2.08.